The van der Waals surface area contributed by atoms with Crippen molar-refractivity contribution >= 4 is 34.3 Å². The van der Waals surface area contributed by atoms with Gasteiger partial charge in [0.2, 0.25) is 5.76 Å². The molecule has 3 heterocycles. The fourth-order valence-corrected chi connectivity index (χ4v) is 4.09. The second-order valence-electron chi connectivity index (χ2n) is 7.39. The summed E-state index contributed by atoms with van der Waals surface area (Å²) in [5.74, 6) is -1.01. The Balaban J connectivity index is 1.80. The summed E-state index contributed by atoms with van der Waals surface area (Å²) in [6.45, 7) is 2.06. The summed E-state index contributed by atoms with van der Waals surface area (Å²) in [5.41, 5.74) is 0.0802. The highest BCUT2D eigenvalue weighted by Gasteiger charge is 2.44. The number of amides is 1. The van der Waals surface area contributed by atoms with Crippen molar-refractivity contribution in [2.45, 2.75) is 13.0 Å². The van der Waals surface area contributed by atoms with Crippen LogP contribution >= 0.6 is 11.6 Å². The van der Waals surface area contributed by atoms with E-state index in [1.807, 2.05) is 0 Å². The van der Waals surface area contributed by atoms with Crippen molar-refractivity contribution in [1.82, 2.24) is 4.98 Å². The van der Waals surface area contributed by atoms with Crippen LogP contribution in [0.1, 0.15) is 34.6 Å². The predicted octanol–water partition coefficient (Wildman–Crippen LogP) is 4.83. The van der Waals surface area contributed by atoms with E-state index in [1.54, 1.807) is 31.2 Å². The number of anilines is 1. The number of phenols is 1. The van der Waals surface area contributed by atoms with E-state index in [0.29, 0.717) is 17.2 Å². The maximum atomic E-state index is 13.9. The first-order chi connectivity index (χ1) is 15.9. The van der Waals surface area contributed by atoms with Crippen LogP contribution in [0.3, 0.4) is 0 Å². The van der Waals surface area contributed by atoms with Gasteiger partial charge in [0.25, 0.3) is 5.91 Å². The second kappa shape index (κ2) is 7.90. The summed E-state index contributed by atoms with van der Waals surface area (Å²) in [5, 5.41) is 10.5. The molecule has 1 aliphatic rings. The number of rotatable bonds is 4. The molecule has 2 aromatic carbocycles. The number of benzene rings is 2. The molecule has 2 aromatic heterocycles. The number of ether oxygens (including phenoxy) is 1. The fourth-order valence-electron chi connectivity index (χ4n) is 3.98. The van der Waals surface area contributed by atoms with E-state index in [2.05, 4.69) is 4.98 Å². The van der Waals surface area contributed by atoms with Crippen LogP contribution in [0, 0.1) is 5.82 Å². The van der Waals surface area contributed by atoms with Gasteiger partial charge in [-0.3, -0.25) is 14.5 Å². The molecule has 1 atom stereocenters. The van der Waals surface area contributed by atoms with Crippen LogP contribution in [-0.4, -0.2) is 22.6 Å². The molecule has 1 amide bonds. The molecule has 0 saturated heterocycles. The Morgan fingerprint density at radius 3 is 2.73 bits per heavy atom. The molecule has 9 heteroatoms. The van der Waals surface area contributed by atoms with Crippen molar-refractivity contribution in [3.63, 3.8) is 0 Å². The number of fused-ring (bicyclic) bond motifs is 2. The minimum Gasteiger partial charge on any atom is -0.504 e. The molecule has 1 unspecified atom stereocenters. The number of pyridine rings is 1. The monoisotopic (exact) mass is 466 g/mol. The van der Waals surface area contributed by atoms with Crippen molar-refractivity contribution in [2.24, 2.45) is 0 Å². The summed E-state index contributed by atoms with van der Waals surface area (Å²) in [6, 6.07) is 10.2. The molecule has 166 valence electrons. The Labute approximate surface area is 191 Å². The number of aromatic nitrogens is 1. The zero-order valence-corrected chi connectivity index (χ0v) is 18.0. The molecule has 0 saturated carbocycles. The quantitative estimate of drug-likeness (QED) is 0.463. The summed E-state index contributed by atoms with van der Waals surface area (Å²) < 4.78 is 25.2. The van der Waals surface area contributed by atoms with Gasteiger partial charge in [-0.15, -0.1) is 0 Å². The van der Waals surface area contributed by atoms with Gasteiger partial charge in [0.15, 0.2) is 16.9 Å². The molecular formula is C24H16ClFN2O5. The van der Waals surface area contributed by atoms with E-state index in [4.69, 9.17) is 20.8 Å². The van der Waals surface area contributed by atoms with Crippen molar-refractivity contribution < 1.29 is 23.4 Å². The van der Waals surface area contributed by atoms with Gasteiger partial charge in [0.1, 0.15) is 17.2 Å². The van der Waals surface area contributed by atoms with Gasteiger partial charge in [-0.1, -0.05) is 17.7 Å². The smallest absolute Gasteiger partial charge is 0.296 e. The van der Waals surface area contributed by atoms with Crippen LogP contribution < -0.4 is 15.1 Å². The molecule has 5 rings (SSSR count). The number of halogens is 2. The van der Waals surface area contributed by atoms with Crippen molar-refractivity contribution in [2.75, 3.05) is 11.5 Å². The zero-order chi connectivity index (χ0) is 23.3. The number of hydrogen-bond donors (Lipinski definition) is 1. The molecule has 4 aromatic rings. The van der Waals surface area contributed by atoms with Crippen LogP contribution in [-0.2, 0) is 0 Å². The first-order valence-electron chi connectivity index (χ1n) is 10.1. The molecule has 1 aliphatic heterocycles. The van der Waals surface area contributed by atoms with Gasteiger partial charge in [0, 0.05) is 6.20 Å². The van der Waals surface area contributed by atoms with E-state index in [9.17, 15) is 19.1 Å². The third-order valence-electron chi connectivity index (χ3n) is 5.39. The van der Waals surface area contributed by atoms with Gasteiger partial charge >= 0.3 is 0 Å². The third kappa shape index (κ3) is 3.39. The molecular weight excluding hydrogens is 451 g/mol. The lowest BCUT2D eigenvalue weighted by molar-refractivity contribution is 0.0970. The number of phenolic OH excluding ortho intramolecular Hbond substituents is 1. The Bertz CT molecular complexity index is 1470. The van der Waals surface area contributed by atoms with Crippen molar-refractivity contribution in [3.05, 3.63) is 92.7 Å². The minimum absolute atomic E-state index is 0.0151. The summed E-state index contributed by atoms with van der Waals surface area (Å²) >= 11 is 5.97. The van der Waals surface area contributed by atoms with Gasteiger partial charge in [0.05, 0.1) is 28.6 Å². The Morgan fingerprint density at radius 2 is 2.00 bits per heavy atom. The van der Waals surface area contributed by atoms with Crippen molar-refractivity contribution in [3.8, 4) is 11.5 Å². The third-order valence-corrected chi connectivity index (χ3v) is 5.61. The van der Waals surface area contributed by atoms with Crippen LogP contribution in [0.15, 0.2) is 63.9 Å². The number of nitrogens with zero attached hydrogens (tertiary/aromatic N) is 2. The minimum atomic E-state index is -0.954. The van der Waals surface area contributed by atoms with Crippen LogP contribution in [0.4, 0.5) is 10.2 Å². The molecule has 0 aliphatic carbocycles. The number of carbonyl (C=O) groups excluding carboxylic acids is 1. The number of aromatic hydroxyl groups is 1. The summed E-state index contributed by atoms with van der Waals surface area (Å²) in [4.78, 5) is 32.5. The molecule has 0 spiro atoms. The predicted molar refractivity (Wildman–Crippen MR) is 120 cm³/mol. The standard InChI is InChI=1S/C24H16ClFN2O5/c1-2-32-18-9-12(3-6-16(18)29)21-20-22(30)15-10-14(26)5-7-17(15)33-23(20)24(31)28(21)19-8-4-13(25)11-27-19/h3-11,21,29H,2H2,1H3. The van der Waals surface area contributed by atoms with Crippen LogP contribution in [0.2, 0.25) is 5.02 Å². The van der Waals surface area contributed by atoms with Gasteiger partial charge in [-0.05, 0) is 55.0 Å². The van der Waals surface area contributed by atoms with E-state index in [-0.39, 0.29) is 39.6 Å². The van der Waals surface area contributed by atoms with E-state index in [0.717, 1.165) is 12.1 Å². The first-order valence-corrected chi connectivity index (χ1v) is 10.4. The first kappa shape index (κ1) is 21.0. The zero-order valence-electron chi connectivity index (χ0n) is 17.2. The van der Waals surface area contributed by atoms with E-state index in [1.165, 1.54) is 23.2 Å². The Hall–Kier alpha value is -3.91. The molecule has 1 N–H and O–H groups in total. The number of carbonyl (C=O) groups is 1. The normalized spacial score (nSPS) is 15.2. The SMILES string of the molecule is CCOc1cc(C2c3c(oc4ccc(F)cc4c3=O)C(=O)N2c2ccc(Cl)cn2)ccc1O. The Morgan fingerprint density at radius 1 is 1.18 bits per heavy atom. The second-order valence-corrected chi connectivity index (χ2v) is 7.82. The molecule has 0 radical (unpaired) electrons. The van der Waals surface area contributed by atoms with Gasteiger partial charge < -0.3 is 14.3 Å². The maximum Gasteiger partial charge on any atom is 0.296 e. The summed E-state index contributed by atoms with van der Waals surface area (Å²) in [6.07, 6.45) is 1.38. The Kier molecular flexibility index (Phi) is 5.02. The average molecular weight is 467 g/mol. The molecule has 33 heavy (non-hydrogen) atoms. The van der Waals surface area contributed by atoms with E-state index >= 15 is 0 Å². The van der Waals surface area contributed by atoms with Crippen LogP contribution in [0.25, 0.3) is 11.0 Å². The van der Waals surface area contributed by atoms with Crippen LogP contribution in [0.5, 0.6) is 11.5 Å². The highest BCUT2D eigenvalue weighted by molar-refractivity contribution is 6.30. The summed E-state index contributed by atoms with van der Waals surface area (Å²) in [7, 11) is 0. The van der Waals surface area contributed by atoms with Gasteiger partial charge in [-0.2, -0.15) is 0 Å². The topological polar surface area (TPSA) is 92.9 Å². The lowest BCUT2D eigenvalue weighted by Crippen LogP contribution is -2.30. The average Bonchev–Trinajstić information content (AvgIpc) is 3.09. The molecule has 0 fully saturated rings. The lowest BCUT2D eigenvalue weighted by atomic mass is 9.98. The van der Waals surface area contributed by atoms with Crippen molar-refractivity contribution in [1.29, 1.82) is 0 Å². The fraction of sp³-hybridized carbons (Fsp3) is 0.125. The lowest BCUT2D eigenvalue weighted by Gasteiger charge is -2.24. The highest BCUT2D eigenvalue weighted by atomic mass is 35.5. The largest absolute Gasteiger partial charge is 0.504 e. The molecule has 7 nitrogen and oxygen atoms in total. The van der Waals surface area contributed by atoms with Gasteiger partial charge in [-0.25, -0.2) is 9.37 Å². The highest BCUT2D eigenvalue weighted by Crippen LogP contribution is 2.42. The molecule has 0 bridgehead atoms. The maximum absolute atomic E-state index is 13.9. The number of hydrogen-bond acceptors (Lipinski definition) is 6. The van der Waals surface area contributed by atoms with E-state index < -0.39 is 23.2 Å².